The number of nitrogens with one attached hydrogen (secondary N) is 3. The van der Waals surface area contributed by atoms with Crippen LogP contribution in [-0.4, -0.2) is 33.2 Å². The maximum Gasteiger partial charge on any atom is 0.229 e. The Bertz CT molecular complexity index is 538. The molecule has 0 atom stereocenters. The summed E-state index contributed by atoms with van der Waals surface area (Å²) in [4.78, 5) is 11.6. The Morgan fingerprint density at radius 1 is 1.15 bits per heavy atom. The normalized spacial score (nSPS) is 11.4. The fourth-order valence-corrected chi connectivity index (χ4v) is 2.10. The molecule has 20 heavy (non-hydrogen) atoms. The van der Waals surface area contributed by atoms with Gasteiger partial charge in [0.15, 0.2) is 0 Å². The molecule has 0 aliphatic carbocycles. The number of sulfonamides is 1. The number of carbonyl (C=O) groups excluding carboxylic acids is 1. The minimum absolute atomic E-state index is 0.0815. The van der Waals surface area contributed by atoms with Crippen LogP contribution in [0.5, 0.6) is 0 Å². The van der Waals surface area contributed by atoms with E-state index in [9.17, 15) is 13.2 Å². The van der Waals surface area contributed by atoms with Crippen molar-refractivity contribution < 1.29 is 13.2 Å². The van der Waals surface area contributed by atoms with Crippen LogP contribution in [0.3, 0.4) is 0 Å². The molecular weight excluding hydrogens is 278 g/mol. The predicted octanol–water partition coefficient (Wildman–Crippen LogP) is 1.38. The van der Waals surface area contributed by atoms with Crippen molar-refractivity contribution in [2.75, 3.05) is 22.8 Å². The fourth-order valence-electron chi connectivity index (χ4n) is 1.53. The number of rotatable bonds is 7. The van der Waals surface area contributed by atoms with Crippen molar-refractivity contribution in [2.24, 2.45) is 0 Å². The second kappa shape index (κ2) is 7.25. The van der Waals surface area contributed by atoms with E-state index in [0.29, 0.717) is 30.4 Å². The minimum Gasteiger partial charge on any atom is -0.326 e. The quantitative estimate of drug-likeness (QED) is 0.710. The summed E-state index contributed by atoms with van der Waals surface area (Å²) in [5.74, 6) is -0.0815. The van der Waals surface area contributed by atoms with E-state index in [1.165, 1.54) is 0 Å². The Hall–Kier alpha value is -1.60. The summed E-state index contributed by atoms with van der Waals surface area (Å²) in [7, 11) is -3.28. The number of amides is 1. The molecule has 112 valence electrons. The molecule has 0 aromatic heterocycles. The summed E-state index contributed by atoms with van der Waals surface area (Å²) in [6.45, 7) is 4.66. The molecule has 0 unspecified atom stereocenters. The van der Waals surface area contributed by atoms with Crippen molar-refractivity contribution in [3.63, 3.8) is 0 Å². The van der Waals surface area contributed by atoms with E-state index in [1.54, 1.807) is 24.3 Å². The van der Waals surface area contributed by atoms with Crippen molar-refractivity contribution in [2.45, 2.75) is 26.3 Å². The maximum absolute atomic E-state index is 11.6. The van der Waals surface area contributed by atoms with Gasteiger partial charge in [0.25, 0.3) is 0 Å². The zero-order valence-electron chi connectivity index (χ0n) is 11.9. The van der Waals surface area contributed by atoms with Gasteiger partial charge in [-0.15, -0.1) is 0 Å². The molecule has 1 aromatic carbocycles. The highest BCUT2D eigenvalue weighted by molar-refractivity contribution is 7.92. The minimum atomic E-state index is -3.28. The largest absolute Gasteiger partial charge is 0.326 e. The lowest BCUT2D eigenvalue weighted by Crippen LogP contribution is -2.27. The summed E-state index contributed by atoms with van der Waals surface area (Å²) in [6.07, 6.45) is 1.48. The van der Waals surface area contributed by atoms with E-state index in [4.69, 9.17) is 0 Å². The Morgan fingerprint density at radius 3 is 2.20 bits per heavy atom. The second-order valence-electron chi connectivity index (χ2n) is 4.86. The van der Waals surface area contributed by atoms with Crippen LogP contribution in [-0.2, 0) is 14.8 Å². The smallest absolute Gasteiger partial charge is 0.229 e. The molecule has 1 aromatic rings. The monoisotopic (exact) mass is 299 g/mol. The Kier molecular flexibility index (Phi) is 5.97. The van der Waals surface area contributed by atoms with Crippen molar-refractivity contribution in [3.05, 3.63) is 24.3 Å². The van der Waals surface area contributed by atoms with Crippen molar-refractivity contribution >= 4 is 27.3 Å². The van der Waals surface area contributed by atoms with Crippen molar-refractivity contribution in [3.8, 4) is 0 Å². The van der Waals surface area contributed by atoms with Crippen LogP contribution < -0.4 is 15.4 Å². The highest BCUT2D eigenvalue weighted by atomic mass is 32.2. The molecule has 0 fully saturated rings. The maximum atomic E-state index is 11.6. The number of carbonyl (C=O) groups is 1. The molecule has 3 N–H and O–H groups in total. The first-order valence-electron chi connectivity index (χ1n) is 6.37. The van der Waals surface area contributed by atoms with Gasteiger partial charge in [-0.3, -0.25) is 9.52 Å². The van der Waals surface area contributed by atoms with Crippen LogP contribution >= 0.6 is 0 Å². The molecular formula is C13H21N3O3S. The zero-order chi connectivity index (χ0) is 15.2. The first-order chi connectivity index (χ1) is 9.26. The Labute approximate surface area is 120 Å². The summed E-state index contributed by atoms with van der Waals surface area (Å²) >= 11 is 0. The SMILES string of the molecule is CC(C)NCCC(=O)Nc1ccc(NS(C)(=O)=O)cc1. The molecule has 0 aliphatic heterocycles. The summed E-state index contributed by atoms with van der Waals surface area (Å²) in [6, 6.07) is 6.86. The molecule has 0 radical (unpaired) electrons. The van der Waals surface area contributed by atoms with E-state index in [1.807, 2.05) is 13.8 Å². The van der Waals surface area contributed by atoms with Crippen LogP contribution in [0.2, 0.25) is 0 Å². The number of benzene rings is 1. The van der Waals surface area contributed by atoms with E-state index < -0.39 is 10.0 Å². The molecule has 1 rings (SSSR count). The topological polar surface area (TPSA) is 87.3 Å². The van der Waals surface area contributed by atoms with Crippen molar-refractivity contribution in [1.29, 1.82) is 0 Å². The number of hydrogen-bond donors (Lipinski definition) is 3. The average molecular weight is 299 g/mol. The third kappa shape index (κ3) is 7.10. The van der Waals surface area contributed by atoms with Gasteiger partial charge in [0, 0.05) is 30.4 Å². The molecule has 0 heterocycles. The van der Waals surface area contributed by atoms with Gasteiger partial charge in [0.1, 0.15) is 0 Å². The zero-order valence-corrected chi connectivity index (χ0v) is 12.8. The van der Waals surface area contributed by atoms with Crippen molar-refractivity contribution in [1.82, 2.24) is 5.32 Å². The van der Waals surface area contributed by atoms with E-state index in [0.717, 1.165) is 6.26 Å². The van der Waals surface area contributed by atoms with Gasteiger partial charge in [0.2, 0.25) is 15.9 Å². The van der Waals surface area contributed by atoms with Gasteiger partial charge < -0.3 is 10.6 Å². The lowest BCUT2D eigenvalue weighted by molar-refractivity contribution is -0.116. The van der Waals surface area contributed by atoms with Gasteiger partial charge in [-0.25, -0.2) is 8.42 Å². The first kappa shape index (κ1) is 16.5. The number of anilines is 2. The van der Waals surface area contributed by atoms with Crippen LogP contribution in [0.25, 0.3) is 0 Å². The molecule has 6 nitrogen and oxygen atoms in total. The molecule has 0 aliphatic rings. The Morgan fingerprint density at radius 2 is 1.70 bits per heavy atom. The van der Waals surface area contributed by atoms with E-state index in [-0.39, 0.29) is 5.91 Å². The fraction of sp³-hybridized carbons (Fsp3) is 0.462. The summed E-state index contributed by atoms with van der Waals surface area (Å²) in [5, 5.41) is 5.91. The molecule has 1 amide bonds. The third-order valence-electron chi connectivity index (χ3n) is 2.38. The standard InChI is InChI=1S/C13H21N3O3S/c1-10(2)14-9-8-13(17)15-11-4-6-12(7-5-11)16-20(3,18)19/h4-7,10,14,16H,8-9H2,1-3H3,(H,15,17). The molecule has 0 saturated carbocycles. The second-order valence-corrected chi connectivity index (χ2v) is 6.61. The van der Waals surface area contributed by atoms with Crippen LogP contribution in [0.15, 0.2) is 24.3 Å². The van der Waals surface area contributed by atoms with Gasteiger partial charge in [-0.2, -0.15) is 0 Å². The molecule has 0 bridgehead atoms. The lowest BCUT2D eigenvalue weighted by Gasteiger charge is -2.09. The molecule has 0 spiro atoms. The van der Waals surface area contributed by atoms with Crippen LogP contribution in [0.4, 0.5) is 11.4 Å². The van der Waals surface area contributed by atoms with E-state index >= 15 is 0 Å². The first-order valence-corrected chi connectivity index (χ1v) is 8.26. The van der Waals surface area contributed by atoms with Gasteiger partial charge >= 0.3 is 0 Å². The van der Waals surface area contributed by atoms with Crippen LogP contribution in [0, 0.1) is 0 Å². The summed E-state index contributed by atoms with van der Waals surface area (Å²) in [5.41, 5.74) is 1.10. The third-order valence-corrected chi connectivity index (χ3v) is 2.98. The van der Waals surface area contributed by atoms with E-state index in [2.05, 4.69) is 15.4 Å². The molecule has 0 saturated heterocycles. The average Bonchev–Trinajstić information content (AvgIpc) is 2.29. The Balaban J connectivity index is 2.47. The highest BCUT2D eigenvalue weighted by Crippen LogP contribution is 2.14. The lowest BCUT2D eigenvalue weighted by atomic mass is 10.2. The van der Waals surface area contributed by atoms with Gasteiger partial charge in [-0.1, -0.05) is 13.8 Å². The highest BCUT2D eigenvalue weighted by Gasteiger charge is 2.04. The summed E-state index contributed by atoms with van der Waals surface area (Å²) < 4.78 is 24.5. The predicted molar refractivity (Wildman–Crippen MR) is 81.3 cm³/mol. The molecule has 7 heteroatoms. The van der Waals surface area contributed by atoms with Gasteiger partial charge in [0.05, 0.1) is 6.26 Å². The number of hydrogen-bond acceptors (Lipinski definition) is 4. The van der Waals surface area contributed by atoms with Crippen LogP contribution in [0.1, 0.15) is 20.3 Å². The van der Waals surface area contributed by atoms with Gasteiger partial charge in [-0.05, 0) is 24.3 Å².